The summed E-state index contributed by atoms with van der Waals surface area (Å²) in [7, 11) is 0. The quantitative estimate of drug-likeness (QED) is 0.359. The van der Waals surface area contributed by atoms with Crippen molar-refractivity contribution in [2.45, 2.75) is 32.9 Å². The molecule has 3 rings (SSSR count). The van der Waals surface area contributed by atoms with Crippen LogP contribution >= 0.6 is 11.6 Å². The highest BCUT2D eigenvalue weighted by molar-refractivity contribution is 6.31. The Hall–Kier alpha value is -2.51. The molecule has 162 valence electrons. The van der Waals surface area contributed by atoms with Crippen molar-refractivity contribution >= 4 is 17.6 Å². The maximum absolute atomic E-state index is 6.16. The summed E-state index contributed by atoms with van der Waals surface area (Å²) in [4.78, 5) is 8.81. The van der Waals surface area contributed by atoms with E-state index in [1.54, 1.807) is 18.3 Å². The molecule has 2 N–H and O–H groups in total. The molecule has 0 radical (unpaired) electrons. The first kappa shape index (κ1) is 22.2. The first-order valence-corrected chi connectivity index (χ1v) is 10.6. The van der Waals surface area contributed by atoms with Gasteiger partial charge in [-0.3, -0.25) is 0 Å². The van der Waals surface area contributed by atoms with Gasteiger partial charge < -0.3 is 24.8 Å². The van der Waals surface area contributed by atoms with Gasteiger partial charge in [-0.25, -0.2) is 9.98 Å². The zero-order valence-corrected chi connectivity index (χ0v) is 18.2. The summed E-state index contributed by atoms with van der Waals surface area (Å²) in [5.74, 6) is 2.02. The molecular weight excluding hydrogens is 404 g/mol. The zero-order chi connectivity index (χ0) is 21.2. The number of hydrogen-bond acceptors (Lipinski definition) is 5. The van der Waals surface area contributed by atoms with Crippen LogP contribution in [0.4, 0.5) is 0 Å². The Kier molecular flexibility index (Phi) is 8.59. The fourth-order valence-electron chi connectivity index (χ4n) is 2.99. The van der Waals surface area contributed by atoms with Crippen LogP contribution in [-0.2, 0) is 11.3 Å². The Morgan fingerprint density at radius 2 is 2.23 bits per heavy atom. The van der Waals surface area contributed by atoms with E-state index in [-0.39, 0.29) is 6.10 Å². The SMILES string of the molecule is CCNC(=NCc1ccc(C)cc1OC1CCOC1)NCCOc1ncccc1Cl. The number of nitrogens with one attached hydrogen (secondary N) is 2. The summed E-state index contributed by atoms with van der Waals surface area (Å²) in [5.41, 5.74) is 2.20. The minimum Gasteiger partial charge on any atom is -0.488 e. The van der Waals surface area contributed by atoms with Crippen LogP contribution in [0.1, 0.15) is 24.5 Å². The van der Waals surface area contributed by atoms with Crippen molar-refractivity contribution in [1.29, 1.82) is 0 Å². The van der Waals surface area contributed by atoms with Crippen LogP contribution in [0.15, 0.2) is 41.5 Å². The van der Waals surface area contributed by atoms with Crippen LogP contribution in [0.5, 0.6) is 11.6 Å². The third kappa shape index (κ3) is 6.78. The normalized spacial score (nSPS) is 16.4. The molecule has 1 aromatic carbocycles. The third-order valence-corrected chi connectivity index (χ3v) is 4.80. The molecular formula is C22H29ClN4O3. The minimum atomic E-state index is 0.108. The summed E-state index contributed by atoms with van der Waals surface area (Å²) in [6.45, 7) is 7.73. The molecule has 2 aromatic rings. The minimum absolute atomic E-state index is 0.108. The van der Waals surface area contributed by atoms with Crippen LogP contribution in [0, 0.1) is 6.92 Å². The molecule has 0 amide bonds. The summed E-state index contributed by atoms with van der Waals surface area (Å²) < 4.78 is 17.2. The van der Waals surface area contributed by atoms with Crippen molar-refractivity contribution in [3.63, 3.8) is 0 Å². The van der Waals surface area contributed by atoms with Crippen molar-refractivity contribution in [2.75, 3.05) is 32.9 Å². The predicted molar refractivity (Wildman–Crippen MR) is 119 cm³/mol. The number of aromatic nitrogens is 1. The molecule has 8 heteroatoms. The molecule has 0 saturated carbocycles. The largest absolute Gasteiger partial charge is 0.488 e. The lowest BCUT2D eigenvalue weighted by Crippen LogP contribution is -2.39. The summed E-state index contributed by atoms with van der Waals surface area (Å²) in [6, 6.07) is 9.73. The van der Waals surface area contributed by atoms with Gasteiger partial charge in [-0.2, -0.15) is 0 Å². The van der Waals surface area contributed by atoms with Crippen molar-refractivity contribution in [3.05, 3.63) is 52.7 Å². The summed E-state index contributed by atoms with van der Waals surface area (Å²) in [5, 5.41) is 7.01. The number of halogens is 1. The molecule has 0 aliphatic carbocycles. The van der Waals surface area contributed by atoms with E-state index in [1.165, 1.54) is 0 Å². The molecule has 1 aliphatic rings. The highest BCUT2D eigenvalue weighted by atomic mass is 35.5. The number of hydrogen-bond donors (Lipinski definition) is 2. The first-order chi connectivity index (χ1) is 14.7. The maximum atomic E-state index is 6.16. The smallest absolute Gasteiger partial charge is 0.232 e. The zero-order valence-electron chi connectivity index (χ0n) is 17.5. The van der Waals surface area contributed by atoms with Gasteiger partial charge >= 0.3 is 0 Å². The number of guanidine groups is 1. The van der Waals surface area contributed by atoms with Gasteiger partial charge in [-0.15, -0.1) is 0 Å². The molecule has 1 fully saturated rings. The van der Waals surface area contributed by atoms with Gasteiger partial charge in [-0.05, 0) is 37.6 Å². The molecule has 1 aliphatic heterocycles. The monoisotopic (exact) mass is 432 g/mol. The predicted octanol–water partition coefficient (Wildman–Crippen LogP) is 3.35. The van der Waals surface area contributed by atoms with E-state index in [1.807, 2.05) is 6.92 Å². The fourth-order valence-corrected chi connectivity index (χ4v) is 3.16. The lowest BCUT2D eigenvalue weighted by molar-refractivity contribution is 0.140. The molecule has 1 aromatic heterocycles. The average molecular weight is 433 g/mol. The standard InChI is InChI=1S/C22H29ClN4O3/c1-3-24-22(26-10-12-29-21-19(23)5-4-9-25-21)27-14-17-7-6-16(2)13-20(17)30-18-8-11-28-15-18/h4-7,9,13,18H,3,8,10-12,14-15H2,1-2H3,(H2,24,26,27). The average Bonchev–Trinajstić information content (AvgIpc) is 3.24. The van der Waals surface area contributed by atoms with Gasteiger partial charge in [-0.1, -0.05) is 23.7 Å². The van der Waals surface area contributed by atoms with Gasteiger partial charge in [0.25, 0.3) is 0 Å². The Balaban J connectivity index is 1.56. The number of ether oxygens (including phenoxy) is 3. The van der Waals surface area contributed by atoms with E-state index in [0.717, 1.165) is 36.4 Å². The Morgan fingerprint density at radius 1 is 1.33 bits per heavy atom. The van der Waals surface area contributed by atoms with Crippen LogP contribution in [0.3, 0.4) is 0 Å². The van der Waals surface area contributed by atoms with Crippen LogP contribution in [-0.4, -0.2) is 50.0 Å². The van der Waals surface area contributed by atoms with Crippen LogP contribution in [0.2, 0.25) is 5.02 Å². The molecule has 30 heavy (non-hydrogen) atoms. The maximum Gasteiger partial charge on any atom is 0.232 e. The Labute approximate surface area is 182 Å². The molecule has 0 spiro atoms. The second kappa shape index (κ2) is 11.6. The van der Waals surface area contributed by atoms with E-state index in [2.05, 4.69) is 40.7 Å². The van der Waals surface area contributed by atoms with E-state index >= 15 is 0 Å². The topological polar surface area (TPSA) is 77.0 Å². The highest BCUT2D eigenvalue weighted by Crippen LogP contribution is 2.24. The number of benzene rings is 1. The van der Waals surface area contributed by atoms with Gasteiger partial charge in [0.05, 0.1) is 26.3 Å². The molecule has 7 nitrogen and oxygen atoms in total. The first-order valence-electron chi connectivity index (χ1n) is 10.2. The molecule has 1 atom stereocenters. The van der Waals surface area contributed by atoms with Gasteiger partial charge in [0.1, 0.15) is 23.5 Å². The van der Waals surface area contributed by atoms with Gasteiger partial charge in [0.2, 0.25) is 5.88 Å². The molecule has 0 bridgehead atoms. The lowest BCUT2D eigenvalue weighted by Gasteiger charge is -2.16. The number of rotatable bonds is 9. The van der Waals surface area contributed by atoms with E-state index in [4.69, 9.17) is 30.8 Å². The van der Waals surface area contributed by atoms with E-state index in [0.29, 0.717) is 43.2 Å². The number of aliphatic imine (C=N–C) groups is 1. The van der Waals surface area contributed by atoms with Crippen molar-refractivity contribution in [3.8, 4) is 11.6 Å². The van der Waals surface area contributed by atoms with Crippen LogP contribution < -0.4 is 20.1 Å². The van der Waals surface area contributed by atoms with Crippen LogP contribution in [0.25, 0.3) is 0 Å². The van der Waals surface area contributed by atoms with Crippen molar-refractivity contribution in [2.24, 2.45) is 4.99 Å². The van der Waals surface area contributed by atoms with E-state index in [9.17, 15) is 0 Å². The van der Waals surface area contributed by atoms with Crippen molar-refractivity contribution in [1.82, 2.24) is 15.6 Å². The van der Waals surface area contributed by atoms with E-state index < -0.39 is 0 Å². The van der Waals surface area contributed by atoms with Crippen molar-refractivity contribution < 1.29 is 14.2 Å². The fraction of sp³-hybridized carbons (Fsp3) is 0.455. The second-order valence-corrected chi connectivity index (χ2v) is 7.38. The number of nitrogens with zero attached hydrogens (tertiary/aromatic N) is 2. The molecule has 1 saturated heterocycles. The van der Waals surface area contributed by atoms with Gasteiger partial charge in [0, 0.05) is 24.7 Å². The molecule has 1 unspecified atom stereocenters. The van der Waals surface area contributed by atoms with Gasteiger partial charge in [0.15, 0.2) is 5.96 Å². The highest BCUT2D eigenvalue weighted by Gasteiger charge is 2.18. The molecule has 2 heterocycles. The summed E-state index contributed by atoms with van der Waals surface area (Å²) in [6.07, 6.45) is 2.68. The number of pyridine rings is 1. The Morgan fingerprint density at radius 3 is 3.00 bits per heavy atom. The lowest BCUT2D eigenvalue weighted by atomic mass is 10.1. The Bertz CT molecular complexity index is 841. The third-order valence-electron chi connectivity index (χ3n) is 4.51. The second-order valence-electron chi connectivity index (χ2n) is 6.98. The number of aryl methyl sites for hydroxylation is 1. The summed E-state index contributed by atoms with van der Waals surface area (Å²) >= 11 is 6.06.